The van der Waals surface area contributed by atoms with Crippen LogP contribution in [0, 0.1) is 0 Å². The number of benzene rings is 1. The number of esters is 1. The molecule has 0 fully saturated rings. The molecule has 0 bridgehead atoms. The number of halogens is 1. The van der Waals surface area contributed by atoms with Gasteiger partial charge in [0.1, 0.15) is 6.61 Å². The van der Waals surface area contributed by atoms with E-state index in [0.717, 1.165) is 17.7 Å². The van der Waals surface area contributed by atoms with Crippen molar-refractivity contribution >= 4 is 34.9 Å². The Hall–Kier alpha value is -1.67. The number of carbonyl (C=O) groups excluding carboxylic acids is 1. The van der Waals surface area contributed by atoms with Crippen molar-refractivity contribution in [3.8, 4) is 0 Å². The summed E-state index contributed by atoms with van der Waals surface area (Å²) in [5, 5.41) is 4.48. The summed E-state index contributed by atoms with van der Waals surface area (Å²) in [7, 11) is 1.57. The fraction of sp³-hybridized carbons (Fsp3) is 0.500. The van der Waals surface area contributed by atoms with E-state index in [9.17, 15) is 4.79 Å². The van der Waals surface area contributed by atoms with Crippen LogP contribution in [0.4, 0.5) is 0 Å². The topological polar surface area (TPSA) is 60.0 Å². The SMILES string of the molecule is CCOCCCN1C(=S)N[C@@H](c2ccc(Cl)cc2)C(C(=O)OCCOC)=C1C. The zero-order valence-corrected chi connectivity index (χ0v) is 18.1. The molecule has 28 heavy (non-hydrogen) atoms. The van der Waals surface area contributed by atoms with Crippen LogP contribution in [0.1, 0.15) is 31.9 Å². The van der Waals surface area contributed by atoms with Gasteiger partial charge in [0, 0.05) is 37.6 Å². The second kappa shape index (κ2) is 11.4. The van der Waals surface area contributed by atoms with Gasteiger partial charge in [0.05, 0.1) is 18.2 Å². The van der Waals surface area contributed by atoms with E-state index in [0.29, 0.717) is 42.1 Å². The third-order valence-corrected chi connectivity index (χ3v) is 5.00. The zero-order chi connectivity index (χ0) is 20.5. The van der Waals surface area contributed by atoms with Crippen LogP contribution in [0.3, 0.4) is 0 Å². The molecule has 1 aromatic carbocycles. The molecule has 1 aliphatic heterocycles. The maximum atomic E-state index is 12.9. The Morgan fingerprint density at radius 3 is 2.61 bits per heavy atom. The van der Waals surface area contributed by atoms with Gasteiger partial charge in [-0.3, -0.25) is 0 Å². The first-order chi connectivity index (χ1) is 13.5. The van der Waals surface area contributed by atoms with Crippen LogP contribution in [0.25, 0.3) is 0 Å². The standard InChI is InChI=1S/C20H27ClN2O4S/c1-4-26-11-5-10-23-14(2)17(19(24)27-13-12-25-3)18(22-20(23)28)15-6-8-16(21)9-7-15/h6-9,18H,4-5,10-13H2,1-3H3,(H,22,28)/t18-/m0/s1. The third kappa shape index (κ3) is 5.91. The third-order valence-electron chi connectivity index (χ3n) is 4.41. The number of carbonyl (C=O) groups is 1. The molecule has 154 valence electrons. The zero-order valence-electron chi connectivity index (χ0n) is 16.5. The number of nitrogens with zero attached hydrogens (tertiary/aromatic N) is 1. The van der Waals surface area contributed by atoms with Crippen LogP contribution in [0.5, 0.6) is 0 Å². The molecule has 0 saturated carbocycles. The van der Waals surface area contributed by atoms with E-state index in [2.05, 4.69) is 5.32 Å². The summed E-state index contributed by atoms with van der Waals surface area (Å²) in [4.78, 5) is 14.8. The van der Waals surface area contributed by atoms with Crippen molar-refractivity contribution < 1.29 is 19.0 Å². The van der Waals surface area contributed by atoms with Gasteiger partial charge in [-0.2, -0.15) is 0 Å². The maximum Gasteiger partial charge on any atom is 0.338 e. The molecule has 0 amide bonds. The molecule has 1 N–H and O–H groups in total. The van der Waals surface area contributed by atoms with Crippen molar-refractivity contribution in [3.63, 3.8) is 0 Å². The molecule has 8 heteroatoms. The number of nitrogens with one attached hydrogen (secondary N) is 1. The van der Waals surface area contributed by atoms with Gasteiger partial charge >= 0.3 is 5.97 Å². The predicted molar refractivity (Wildman–Crippen MR) is 113 cm³/mol. The number of ether oxygens (including phenoxy) is 3. The van der Waals surface area contributed by atoms with E-state index >= 15 is 0 Å². The second-order valence-electron chi connectivity index (χ2n) is 6.26. The van der Waals surface area contributed by atoms with Crippen molar-refractivity contribution in [1.29, 1.82) is 0 Å². The number of methoxy groups -OCH3 is 1. The lowest BCUT2D eigenvalue weighted by molar-refractivity contribution is -0.140. The van der Waals surface area contributed by atoms with E-state index in [4.69, 9.17) is 38.0 Å². The summed E-state index contributed by atoms with van der Waals surface area (Å²) in [5.74, 6) is -0.390. The Morgan fingerprint density at radius 2 is 1.96 bits per heavy atom. The Labute approximate surface area is 176 Å². The average molecular weight is 427 g/mol. The molecule has 6 nitrogen and oxygen atoms in total. The van der Waals surface area contributed by atoms with Crippen LogP contribution in [-0.2, 0) is 19.0 Å². The molecule has 0 aromatic heterocycles. The van der Waals surface area contributed by atoms with Crippen molar-refractivity contribution in [2.24, 2.45) is 0 Å². The van der Waals surface area contributed by atoms with E-state index < -0.39 is 6.04 Å². The first-order valence-corrected chi connectivity index (χ1v) is 10.1. The van der Waals surface area contributed by atoms with Crippen molar-refractivity contribution in [3.05, 3.63) is 46.1 Å². The van der Waals surface area contributed by atoms with E-state index in [1.165, 1.54) is 0 Å². The highest BCUT2D eigenvalue weighted by Crippen LogP contribution is 2.32. The van der Waals surface area contributed by atoms with Crippen LogP contribution in [0.15, 0.2) is 35.5 Å². The number of hydrogen-bond donors (Lipinski definition) is 1. The number of allylic oxidation sites excluding steroid dienone is 1. The van der Waals surface area contributed by atoms with Crippen molar-refractivity contribution in [2.75, 3.05) is 40.1 Å². The van der Waals surface area contributed by atoms with Gasteiger partial charge < -0.3 is 24.4 Å². The molecule has 2 rings (SSSR count). The molecule has 0 spiro atoms. The predicted octanol–water partition coefficient (Wildman–Crippen LogP) is 3.46. The number of thiocarbonyl (C=S) groups is 1. The summed E-state index contributed by atoms with van der Waals surface area (Å²) in [6.45, 7) is 6.35. The summed E-state index contributed by atoms with van der Waals surface area (Å²) < 4.78 is 15.8. The summed E-state index contributed by atoms with van der Waals surface area (Å²) in [5.41, 5.74) is 2.20. The largest absolute Gasteiger partial charge is 0.460 e. The normalized spacial score (nSPS) is 16.9. The molecule has 0 aliphatic carbocycles. The van der Waals surface area contributed by atoms with E-state index in [1.54, 1.807) is 19.2 Å². The summed E-state index contributed by atoms with van der Waals surface area (Å²) in [6.07, 6.45) is 0.796. The van der Waals surface area contributed by atoms with Crippen LogP contribution in [-0.4, -0.2) is 56.1 Å². The Kier molecular flexibility index (Phi) is 9.18. The number of hydrogen-bond acceptors (Lipinski definition) is 5. The molecule has 1 aliphatic rings. The molecule has 0 saturated heterocycles. The van der Waals surface area contributed by atoms with E-state index in [-0.39, 0.29) is 12.6 Å². The van der Waals surface area contributed by atoms with Gasteiger partial charge in [0.15, 0.2) is 5.11 Å². The molecule has 0 radical (unpaired) electrons. The van der Waals surface area contributed by atoms with Gasteiger partial charge in [-0.15, -0.1) is 0 Å². The first kappa shape index (κ1) is 22.6. The molecule has 0 unspecified atom stereocenters. The maximum absolute atomic E-state index is 12.9. The highest BCUT2D eigenvalue weighted by Gasteiger charge is 2.34. The summed E-state index contributed by atoms with van der Waals surface area (Å²) in [6, 6.07) is 6.94. The first-order valence-electron chi connectivity index (χ1n) is 9.27. The van der Waals surface area contributed by atoms with Crippen LogP contribution in [0.2, 0.25) is 5.02 Å². The van der Waals surface area contributed by atoms with Gasteiger partial charge in [-0.05, 0) is 50.2 Å². The highest BCUT2D eigenvalue weighted by atomic mass is 35.5. The average Bonchev–Trinajstić information content (AvgIpc) is 2.67. The van der Waals surface area contributed by atoms with Gasteiger partial charge in [-0.25, -0.2) is 4.79 Å². The Balaban J connectivity index is 2.30. The number of rotatable bonds is 10. The van der Waals surface area contributed by atoms with E-state index in [1.807, 2.05) is 30.9 Å². The minimum Gasteiger partial charge on any atom is -0.460 e. The highest BCUT2D eigenvalue weighted by molar-refractivity contribution is 7.80. The molecule has 1 atom stereocenters. The smallest absolute Gasteiger partial charge is 0.338 e. The lowest BCUT2D eigenvalue weighted by atomic mass is 9.95. The minimum atomic E-state index is -0.400. The molecule has 1 aromatic rings. The minimum absolute atomic E-state index is 0.189. The monoisotopic (exact) mass is 426 g/mol. The molecular formula is C20H27ClN2O4S. The van der Waals surface area contributed by atoms with Crippen molar-refractivity contribution in [2.45, 2.75) is 26.3 Å². The summed E-state index contributed by atoms with van der Waals surface area (Å²) >= 11 is 11.6. The second-order valence-corrected chi connectivity index (χ2v) is 7.09. The Morgan fingerprint density at radius 1 is 1.25 bits per heavy atom. The van der Waals surface area contributed by atoms with Gasteiger partial charge in [-0.1, -0.05) is 23.7 Å². The fourth-order valence-electron chi connectivity index (χ4n) is 2.98. The van der Waals surface area contributed by atoms with Gasteiger partial charge in [0.25, 0.3) is 0 Å². The lowest BCUT2D eigenvalue weighted by Gasteiger charge is -2.37. The lowest BCUT2D eigenvalue weighted by Crippen LogP contribution is -2.48. The van der Waals surface area contributed by atoms with Gasteiger partial charge in [0.2, 0.25) is 0 Å². The Bertz CT molecular complexity index is 709. The molecular weight excluding hydrogens is 400 g/mol. The quantitative estimate of drug-likeness (QED) is 0.349. The fourth-order valence-corrected chi connectivity index (χ4v) is 3.46. The van der Waals surface area contributed by atoms with Crippen LogP contribution >= 0.6 is 23.8 Å². The molecule has 1 heterocycles. The van der Waals surface area contributed by atoms with Crippen molar-refractivity contribution in [1.82, 2.24) is 10.2 Å². The van der Waals surface area contributed by atoms with Crippen LogP contribution < -0.4 is 5.32 Å².